The van der Waals surface area contributed by atoms with E-state index in [9.17, 15) is 14.7 Å². The Bertz CT molecular complexity index is 598. The second-order valence-corrected chi connectivity index (χ2v) is 5.88. The molecule has 2 heterocycles. The van der Waals surface area contributed by atoms with Crippen LogP contribution in [0.1, 0.15) is 24.8 Å². The fraction of sp³-hybridized carbons (Fsp3) is 0.500. The average molecular weight is 303 g/mol. The van der Waals surface area contributed by atoms with Gasteiger partial charge >= 0.3 is 0 Å². The number of piperidine rings is 1. The van der Waals surface area contributed by atoms with Crippen molar-refractivity contribution in [3.63, 3.8) is 0 Å². The minimum Gasteiger partial charge on any atom is -0.375 e. The van der Waals surface area contributed by atoms with Crippen LogP contribution in [0, 0.1) is 0 Å². The first-order chi connectivity index (χ1) is 10.6. The number of hydrogen-bond donors (Lipinski definition) is 3. The molecular formula is C16H21N3O3. The van der Waals surface area contributed by atoms with Gasteiger partial charge in [-0.25, -0.2) is 0 Å². The third-order valence-corrected chi connectivity index (χ3v) is 4.55. The normalized spacial score (nSPS) is 25.2. The highest BCUT2D eigenvalue weighted by molar-refractivity contribution is 6.09. The molecule has 6 nitrogen and oxygen atoms in total. The van der Waals surface area contributed by atoms with Gasteiger partial charge in [0.25, 0.3) is 5.91 Å². The van der Waals surface area contributed by atoms with E-state index < -0.39 is 5.60 Å². The highest BCUT2D eigenvalue weighted by Crippen LogP contribution is 2.44. The number of nitrogens with zero attached hydrogens (tertiary/aromatic N) is 1. The number of rotatable bonds is 3. The van der Waals surface area contributed by atoms with Gasteiger partial charge < -0.3 is 20.6 Å². The summed E-state index contributed by atoms with van der Waals surface area (Å²) in [7, 11) is 1.50. The summed E-state index contributed by atoms with van der Waals surface area (Å²) in [5, 5.41) is 16.7. The molecule has 1 aromatic carbocycles. The molecule has 22 heavy (non-hydrogen) atoms. The van der Waals surface area contributed by atoms with Crippen molar-refractivity contribution in [3.8, 4) is 0 Å². The molecule has 2 aliphatic heterocycles. The minimum atomic E-state index is -1.76. The van der Waals surface area contributed by atoms with Gasteiger partial charge in [0.2, 0.25) is 5.91 Å². The molecule has 1 unspecified atom stereocenters. The van der Waals surface area contributed by atoms with Crippen LogP contribution in [-0.2, 0) is 15.2 Å². The fourth-order valence-corrected chi connectivity index (χ4v) is 3.38. The molecule has 0 spiro atoms. The molecule has 1 fully saturated rings. The molecular weight excluding hydrogens is 282 g/mol. The van der Waals surface area contributed by atoms with Gasteiger partial charge in [-0.15, -0.1) is 0 Å². The molecule has 0 saturated carbocycles. The number of fused-ring (bicyclic) bond motifs is 1. The number of benzene rings is 1. The minimum absolute atomic E-state index is 0.0635. The summed E-state index contributed by atoms with van der Waals surface area (Å²) in [6.07, 6.45) is 1.44. The van der Waals surface area contributed by atoms with Gasteiger partial charge in [-0.1, -0.05) is 18.2 Å². The number of aliphatic hydroxyl groups is 1. The van der Waals surface area contributed by atoms with Crippen LogP contribution in [0.4, 0.5) is 5.69 Å². The molecule has 3 rings (SSSR count). The standard InChI is InChI=1S/C16H21N3O3/c1-17-14(20)10-16(22)12-4-2-3-5-13(12)19(15(16)21)11-6-8-18-9-7-11/h2-5,11,18,22H,6-10H2,1H3,(H,17,20). The molecule has 1 atom stereocenters. The molecule has 6 heteroatoms. The van der Waals surface area contributed by atoms with Crippen molar-refractivity contribution in [2.45, 2.75) is 30.9 Å². The zero-order valence-corrected chi connectivity index (χ0v) is 12.6. The number of amides is 2. The third kappa shape index (κ3) is 2.28. The topological polar surface area (TPSA) is 81.7 Å². The average Bonchev–Trinajstić information content (AvgIpc) is 2.77. The van der Waals surface area contributed by atoms with Gasteiger partial charge in [0.1, 0.15) is 0 Å². The Morgan fingerprint density at radius 3 is 2.77 bits per heavy atom. The highest BCUT2D eigenvalue weighted by atomic mass is 16.3. The van der Waals surface area contributed by atoms with Crippen molar-refractivity contribution in [3.05, 3.63) is 29.8 Å². The summed E-state index contributed by atoms with van der Waals surface area (Å²) in [4.78, 5) is 26.4. The van der Waals surface area contributed by atoms with Gasteiger partial charge in [-0.05, 0) is 32.0 Å². The number of anilines is 1. The lowest BCUT2D eigenvalue weighted by atomic mass is 9.91. The summed E-state index contributed by atoms with van der Waals surface area (Å²) < 4.78 is 0. The van der Waals surface area contributed by atoms with Crippen LogP contribution in [-0.4, -0.2) is 43.1 Å². The predicted molar refractivity (Wildman–Crippen MR) is 82.4 cm³/mol. The second-order valence-electron chi connectivity index (χ2n) is 5.88. The van der Waals surface area contributed by atoms with Gasteiger partial charge in [0, 0.05) is 18.7 Å². The van der Waals surface area contributed by atoms with Gasteiger partial charge in [-0.3, -0.25) is 9.59 Å². The van der Waals surface area contributed by atoms with E-state index in [1.165, 1.54) is 7.05 Å². The van der Waals surface area contributed by atoms with Crippen LogP contribution in [0.3, 0.4) is 0 Å². The first-order valence-electron chi connectivity index (χ1n) is 7.65. The monoisotopic (exact) mass is 303 g/mol. The van der Waals surface area contributed by atoms with E-state index in [-0.39, 0.29) is 24.3 Å². The maximum atomic E-state index is 12.9. The molecule has 1 saturated heterocycles. The number of nitrogens with one attached hydrogen (secondary N) is 2. The lowest BCUT2D eigenvalue weighted by Gasteiger charge is -2.33. The SMILES string of the molecule is CNC(=O)CC1(O)C(=O)N(C2CCNCC2)c2ccccc21. The van der Waals surface area contributed by atoms with Crippen molar-refractivity contribution >= 4 is 17.5 Å². The Balaban J connectivity index is 2.00. The molecule has 0 bridgehead atoms. The van der Waals surface area contributed by atoms with Gasteiger partial charge in [-0.2, -0.15) is 0 Å². The largest absolute Gasteiger partial charge is 0.375 e. The Kier molecular flexibility index (Phi) is 3.88. The first kappa shape index (κ1) is 15.0. The highest BCUT2D eigenvalue weighted by Gasteiger charge is 2.52. The Morgan fingerprint density at radius 1 is 1.41 bits per heavy atom. The Hall–Kier alpha value is -1.92. The van der Waals surface area contributed by atoms with E-state index in [4.69, 9.17) is 0 Å². The number of carbonyl (C=O) groups excluding carboxylic acids is 2. The third-order valence-electron chi connectivity index (χ3n) is 4.55. The first-order valence-corrected chi connectivity index (χ1v) is 7.65. The molecule has 118 valence electrons. The van der Waals surface area contributed by atoms with E-state index >= 15 is 0 Å². The lowest BCUT2D eigenvalue weighted by Crippen LogP contribution is -2.50. The molecule has 0 aliphatic carbocycles. The molecule has 1 aromatic rings. The number of carbonyl (C=O) groups is 2. The Morgan fingerprint density at radius 2 is 2.09 bits per heavy atom. The zero-order chi connectivity index (χ0) is 15.7. The van der Waals surface area contributed by atoms with E-state index in [1.54, 1.807) is 17.0 Å². The predicted octanol–water partition coefficient (Wildman–Crippen LogP) is 0.109. The maximum absolute atomic E-state index is 12.9. The summed E-state index contributed by atoms with van der Waals surface area (Å²) >= 11 is 0. The van der Waals surface area contributed by atoms with Gasteiger partial charge in [0.05, 0.1) is 12.1 Å². The zero-order valence-electron chi connectivity index (χ0n) is 12.6. The summed E-state index contributed by atoms with van der Waals surface area (Å²) in [5.74, 6) is -0.734. The van der Waals surface area contributed by atoms with Crippen molar-refractivity contribution < 1.29 is 14.7 Å². The van der Waals surface area contributed by atoms with Crippen LogP contribution in [0.15, 0.2) is 24.3 Å². The molecule has 0 radical (unpaired) electrons. The van der Waals surface area contributed by atoms with Crippen LogP contribution in [0.25, 0.3) is 0 Å². The van der Waals surface area contributed by atoms with Crippen LogP contribution < -0.4 is 15.5 Å². The fourth-order valence-electron chi connectivity index (χ4n) is 3.38. The van der Waals surface area contributed by atoms with Crippen molar-refractivity contribution in [2.75, 3.05) is 25.0 Å². The van der Waals surface area contributed by atoms with Gasteiger partial charge in [0.15, 0.2) is 5.60 Å². The van der Waals surface area contributed by atoms with Crippen molar-refractivity contribution in [2.24, 2.45) is 0 Å². The maximum Gasteiger partial charge on any atom is 0.264 e. The van der Waals surface area contributed by atoms with E-state index in [2.05, 4.69) is 10.6 Å². The molecule has 0 aromatic heterocycles. The van der Waals surface area contributed by atoms with E-state index in [0.29, 0.717) is 5.56 Å². The summed E-state index contributed by atoms with van der Waals surface area (Å²) in [6.45, 7) is 1.70. The van der Waals surface area contributed by atoms with Crippen molar-refractivity contribution in [1.29, 1.82) is 0 Å². The summed E-state index contributed by atoms with van der Waals surface area (Å²) in [5.41, 5.74) is -0.505. The summed E-state index contributed by atoms with van der Waals surface area (Å²) in [6, 6.07) is 7.28. The number of hydrogen-bond acceptors (Lipinski definition) is 4. The quantitative estimate of drug-likeness (QED) is 0.740. The smallest absolute Gasteiger partial charge is 0.264 e. The van der Waals surface area contributed by atoms with Crippen LogP contribution in [0.2, 0.25) is 0 Å². The van der Waals surface area contributed by atoms with E-state index in [0.717, 1.165) is 31.6 Å². The molecule has 2 aliphatic rings. The number of para-hydroxylation sites is 1. The van der Waals surface area contributed by atoms with Crippen LogP contribution in [0.5, 0.6) is 0 Å². The van der Waals surface area contributed by atoms with Crippen LogP contribution >= 0.6 is 0 Å². The lowest BCUT2D eigenvalue weighted by molar-refractivity contribution is -0.142. The Labute approximate surface area is 129 Å². The second kappa shape index (κ2) is 5.70. The molecule has 2 amide bonds. The van der Waals surface area contributed by atoms with Crippen molar-refractivity contribution in [1.82, 2.24) is 10.6 Å². The molecule has 3 N–H and O–H groups in total. The van der Waals surface area contributed by atoms with E-state index in [1.807, 2.05) is 12.1 Å².